The van der Waals surface area contributed by atoms with Crippen molar-refractivity contribution in [3.05, 3.63) is 36.7 Å². The molecule has 116 valence electrons. The van der Waals surface area contributed by atoms with Gasteiger partial charge in [0, 0.05) is 13.1 Å². The number of nitrogens with one attached hydrogen (secondary N) is 1. The minimum Gasteiger partial charge on any atom is -0.342 e. The van der Waals surface area contributed by atoms with Crippen molar-refractivity contribution in [3.63, 3.8) is 0 Å². The quantitative estimate of drug-likeness (QED) is 0.695. The van der Waals surface area contributed by atoms with Gasteiger partial charge in [0.25, 0.3) is 0 Å². The van der Waals surface area contributed by atoms with Crippen molar-refractivity contribution in [3.8, 4) is 5.69 Å². The minimum atomic E-state index is 0.217. The number of para-hydroxylation sites is 1. The largest absolute Gasteiger partial charge is 0.385 e. The average Bonchev–Trinajstić information content (AvgIpc) is 2.86. The van der Waals surface area contributed by atoms with E-state index in [0.717, 1.165) is 36.8 Å². The molecule has 22 heavy (non-hydrogen) atoms. The van der Waals surface area contributed by atoms with E-state index in [2.05, 4.69) is 10.1 Å². The Hall–Kier alpha value is -1.82. The number of H-pyrrole nitrogens is 1. The molecule has 1 aliphatic rings. The molecule has 1 aliphatic heterocycles. The summed E-state index contributed by atoms with van der Waals surface area (Å²) in [7, 11) is 0. The molecule has 6 heteroatoms. The molecule has 1 N–H and O–H groups in total. The molecule has 1 aromatic carbocycles. The van der Waals surface area contributed by atoms with Crippen LogP contribution in [0.3, 0.4) is 0 Å². The van der Waals surface area contributed by atoms with E-state index >= 15 is 0 Å². The Morgan fingerprint density at radius 1 is 1.18 bits per heavy atom. The predicted molar refractivity (Wildman–Crippen MR) is 85.9 cm³/mol. The second kappa shape index (κ2) is 7.45. The molecule has 1 amide bonds. The van der Waals surface area contributed by atoms with E-state index in [1.54, 1.807) is 6.33 Å². The summed E-state index contributed by atoms with van der Waals surface area (Å²) in [6, 6.07) is 9.98. The van der Waals surface area contributed by atoms with Crippen molar-refractivity contribution < 1.29 is 9.48 Å². The maximum Gasteiger partial charge on any atom is 0.385 e. The third-order valence-electron chi connectivity index (χ3n) is 3.85. The number of carbonyl (C=O) groups is 1. The van der Waals surface area contributed by atoms with Crippen LogP contribution in [0.4, 0.5) is 0 Å². The van der Waals surface area contributed by atoms with Crippen molar-refractivity contribution in [2.45, 2.75) is 30.8 Å². The molecule has 1 fully saturated rings. The standard InChI is InChI=1S/C16H20N4OS/c21-15(19-10-6-1-2-7-11-19)12-22-16-17-13-18-20(16)14-8-4-3-5-9-14/h3-5,8-9,13H,1-2,6-7,10-12H2/p+1. The fourth-order valence-corrected chi connectivity index (χ4v) is 3.51. The van der Waals surface area contributed by atoms with E-state index in [-0.39, 0.29) is 5.91 Å². The number of nitrogens with zero attached hydrogens (tertiary/aromatic N) is 3. The van der Waals surface area contributed by atoms with Crippen molar-refractivity contribution in [1.29, 1.82) is 0 Å². The molecule has 1 aromatic heterocycles. The van der Waals surface area contributed by atoms with Crippen LogP contribution < -0.4 is 4.68 Å². The van der Waals surface area contributed by atoms with Crippen LogP contribution in [0.25, 0.3) is 5.69 Å². The number of rotatable bonds is 4. The third-order valence-corrected chi connectivity index (χ3v) is 4.79. The van der Waals surface area contributed by atoms with Gasteiger partial charge in [0.05, 0.1) is 5.75 Å². The number of likely N-dealkylation sites (tertiary alicyclic amines) is 1. The highest BCUT2D eigenvalue weighted by Crippen LogP contribution is 2.15. The van der Waals surface area contributed by atoms with Gasteiger partial charge in [0.15, 0.2) is 5.69 Å². The molecule has 3 rings (SSSR count). The summed E-state index contributed by atoms with van der Waals surface area (Å²) in [5.74, 6) is 0.659. The normalized spacial score (nSPS) is 15.5. The summed E-state index contributed by atoms with van der Waals surface area (Å²) in [4.78, 5) is 18.7. The van der Waals surface area contributed by atoms with Crippen LogP contribution in [0.2, 0.25) is 0 Å². The molecule has 5 nitrogen and oxygen atoms in total. The molecule has 2 heterocycles. The van der Waals surface area contributed by atoms with Gasteiger partial charge in [-0.15, -0.1) is 4.68 Å². The predicted octanol–water partition coefficient (Wildman–Crippen LogP) is 2.18. The van der Waals surface area contributed by atoms with Crippen LogP contribution in [0.5, 0.6) is 0 Å². The van der Waals surface area contributed by atoms with Crippen LogP contribution in [0.15, 0.2) is 41.8 Å². The van der Waals surface area contributed by atoms with Gasteiger partial charge < -0.3 is 4.90 Å². The smallest absolute Gasteiger partial charge is 0.342 e. The molecule has 0 bridgehead atoms. The van der Waals surface area contributed by atoms with Gasteiger partial charge in [-0.2, -0.15) is 5.10 Å². The Bertz CT molecular complexity index is 606. The second-order valence-corrected chi connectivity index (χ2v) is 6.37. The minimum absolute atomic E-state index is 0.217. The number of thioether (sulfide) groups is 1. The number of hydrogen-bond acceptors (Lipinski definition) is 3. The van der Waals surface area contributed by atoms with E-state index < -0.39 is 0 Å². The number of benzene rings is 1. The summed E-state index contributed by atoms with van der Waals surface area (Å²) in [5.41, 5.74) is 1.02. The molecule has 0 radical (unpaired) electrons. The molecule has 0 spiro atoms. The highest BCUT2D eigenvalue weighted by molar-refractivity contribution is 7.99. The maximum absolute atomic E-state index is 12.4. The van der Waals surface area contributed by atoms with Gasteiger partial charge >= 0.3 is 5.16 Å². The Balaban J connectivity index is 1.62. The summed E-state index contributed by atoms with van der Waals surface area (Å²) in [5, 5.41) is 3.91. The van der Waals surface area contributed by atoms with E-state index in [0.29, 0.717) is 5.75 Å². The Morgan fingerprint density at radius 3 is 2.64 bits per heavy atom. The summed E-state index contributed by atoms with van der Waals surface area (Å²) in [6.45, 7) is 1.80. The first-order valence-electron chi connectivity index (χ1n) is 7.76. The molecular formula is C16H21N4OS+. The van der Waals surface area contributed by atoms with E-state index in [1.807, 2.05) is 39.9 Å². The number of amides is 1. The Labute approximate surface area is 134 Å². The van der Waals surface area contributed by atoms with Gasteiger partial charge in [-0.3, -0.25) is 4.79 Å². The first-order valence-corrected chi connectivity index (χ1v) is 8.74. The molecule has 0 aliphatic carbocycles. The molecule has 0 unspecified atom stereocenters. The maximum atomic E-state index is 12.4. The van der Waals surface area contributed by atoms with Crippen LogP contribution in [0, 0.1) is 0 Å². The van der Waals surface area contributed by atoms with E-state index in [9.17, 15) is 4.79 Å². The molecule has 2 aromatic rings. The van der Waals surface area contributed by atoms with Gasteiger partial charge in [0.2, 0.25) is 12.2 Å². The van der Waals surface area contributed by atoms with E-state index in [1.165, 1.54) is 24.6 Å². The van der Waals surface area contributed by atoms with Crippen molar-refractivity contribution >= 4 is 17.7 Å². The van der Waals surface area contributed by atoms with Gasteiger partial charge in [-0.25, -0.2) is 0 Å². The lowest BCUT2D eigenvalue weighted by atomic mass is 10.2. The number of aromatic nitrogens is 3. The van der Waals surface area contributed by atoms with Crippen LogP contribution >= 0.6 is 11.8 Å². The van der Waals surface area contributed by atoms with Crippen molar-refractivity contribution in [2.24, 2.45) is 0 Å². The zero-order chi connectivity index (χ0) is 15.2. The lowest BCUT2D eigenvalue weighted by Crippen LogP contribution is -2.36. The first-order chi connectivity index (χ1) is 10.8. The molecule has 0 saturated carbocycles. The first kappa shape index (κ1) is 15.1. The molecule has 1 saturated heterocycles. The molecular weight excluding hydrogens is 296 g/mol. The SMILES string of the molecule is O=C(CSc1nc[nH][n+]1-c1ccccc1)N1CCCCCC1. The lowest BCUT2D eigenvalue weighted by Gasteiger charge is -2.19. The van der Waals surface area contributed by atoms with Crippen LogP contribution in [-0.2, 0) is 4.79 Å². The summed E-state index contributed by atoms with van der Waals surface area (Å²) >= 11 is 1.49. The van der Waals surface area contributed by atoms with Crippen LogP contribution in [-0.4, -0.2) is 39.7 Å². The zero-order valence-corrected chi connectivity index (χ0v) is 13.4. The van der Waals surface area contributed by atoms with Crippen molar-refractivity contribution in [1.82, 2.24) is 15.0 Å². The number of aromatic amines is 1. The zero-order valence-electron chi connectivity index (χ0n) is 12.6. The van der Waals surface area contributed by atoms with Gasteiger partial charge in [0.1, 0.15) is 0 Å². The fourth-order valence-electron chi connectivity index (χ4n) is 2.66. The number of carbonyl (C=O) groups excluding carboxylic acids is 1. The summed E-state index contributed by atoms with van der Waals surface area (Å²) in [6.07, 6.45) is 6.39. The third kappa shape index (κ3) is 3.68. The van der Waals surface area contributed by atoms with Gasteiger partial charge in [-0.05, 0) is 41.7 Å². The summed E-state index contributed by atoms with van der Waals surface area (Å²) < 4.78 is 1.90. The number of hydrogen-bond donors (Lipinski definition) is 1. The van der Waals surface area contributed by atoms with E-state index in [4.69, 9.17) is 0 Å². The monoisotopic (exact) mass is 317 g/mol. The van der Waals surface area contributed by atoms with Crippen molar-refractivity contribution in [2.75, 3.05) is 18.8 Å². The fraction of sp³-hybridized carbons (Fsp3) is 0.438. The average molecular weight is 317 g/mol. The second-order valence-electron chi connectivity index (χ2n) is 5.42. The lowest BCUT2D eigenvalue weighted by molar-refractivity contribution is -0.694. The Morgan fingerprint density at radius 2 is 1.91 bits per heavy atom. The Kier molecular flexibility index (Phi) is 5.11. The van der Waals surface area contributed by atoms with Gasteiger partial charge in [-0.1, -0.05) is 31.0 Å². The molecule has 0 atom stereocenters. The topological polar surface area (TPSA) is 52.9 Å². The highest BCUT2D eigenvalue weighted by Gasteiger charge is 2.21. The van der Waals surface area contributed by atoms with Crippen LogP contribution in [0.1, 0.15) is 25.7 Å². The highest BCUT2D eigenvalue weighted by atomic mass is 32.2.